The van der Waals surface area contributed by atoms with Gasteiger partial charge in [0.1, 0.15) is 11.6 Å². The van der Waals surface area contributed by atoms with Gasteiger partial charge in [0.2, 0.25) is 0 Å². The van der Waals surface area contributed by atoms with Gasteiger partial charge in [-0.3, -0.25) is 11.3 Å². The molecular weight excluding hydrogens is 402 g/mol. The van der Waals surface area contributed by atoms with Crippen LogP contribution in [0.2, 0.25) is 0 Å². The molecule has 0 spiro atoms. The lowest BCUT2D eigenvalue weighted by atomic mass is 10.0. The van der Waals surface area contributed by atoms with Gasteiger partial charge in [-0.05, 0) is 39.5 Å². The van der Waals surface area contributed by atoms with Crippen molar-refractivity contribution in [3.63, 3.8) is 0 Å². The van der Waals surface area contributed by atoms with Gasteiger partial charge >= 0.3 is 0 Å². The molecule has 2 rings (SSSR count). The van der Waals surface area contributed by atoms with Crippen LogP contribution in [0.15, 0.2) is 32.5 Å². The fraction of sp³-hybridized carbons (Fsp3) is 0.167. The molecule has 1 unspecified atom stereocenters. The zero-order valence-electron chi connectivity index (χ0n) is 9.59. The summed E-state index contributed by atoms with van der Waals surface area (Å²) >= 11 is 7.95. The molecule has 102 valence electrons. The maximum absolute atomic E-state index is 13.9. The third-order valence-corrected chi connectivity index (χ3v) is 5.08. The quantitative estimate of drug-likeness (QED) is 0.581. The van der Waals surface area contributed by atoms with E-state index in [-0.39, 0.29) is 5.56 Å². The van der Waals surface area contributed by atoms with E-state index in [9.17, 15) is 8.78 Å². The molecule has 0 bridgehead atoms. The average molecular weight is 412 g/mol. The minimum Gasteiger partial charge on any atom is -0.271 e. The molecule has 0 saturated heterocycles. The Morgan fingerprint density at radius 2 is 1.89 bits per heavy atom. The smallest absolute Gasteiger partial charge is 0.132 e. The maximum Gasteiger partial charge on any atom is 0.132 e. The minimum atomic E-state index is -0.623. The molecule has 1 aromatic carbocycles. The number of nitrogens with two attached hydrogens (primary N) is 1. The van der Waals surface area contributed by atoms with Gasteiger partial charge in [0, 0.05) is 25.8 Å². The van der Waals surface area contributed by atoms with Crippen molar-refractivity contribution in [2.24, 2.45) is 5.84 Å². The van der Waals surface area contributed by atoms with Crippen LogP contribution in [0, 0.1) is 11.6 Å². The standard InChI is InChI=1S/C12H10Br2F2N2S/c13-6-3-8(15)12(9(16)4-6)10(18-17)5-11-7(14)1-2-19-11/h1-4,10,18H,5,17H2. The first-order valence-corrected chi connectivity index (χ1v) is 7.82. The Kier molecular flexibility index (Phi) is 5.08. The van der Waals surface area contributed by atoms with Gasteiger partial charge in [-0.2, -0.15) is 0 Å². The lowest BCUT2D eigenvalue weighted by molar-refractivity contribution is 0.473. The first-order valence-electron chi connectivity index (χ1n) is 5.35. The molecule has 1 aromatic heterocycles. The van der Waals surface area contributed by atoms with Crippen molar-refractivity contribution in [1.29, 1.82) is 0 Å². The van der Waals surface area contributed by atoms with Crippen LogP contribution in [-0.2, 0) is 6.42 Å². The van der Waals surface area contributed by atoms with Crippen molar-refractivity contribution in [2.45, 2.75) is 12.5 Å². The molecule has 0 aliphatic heterocycles. The highest BCUT2D eigenvalue weighted by atomic mass is 79.9. The van der Waals surface area contributed by atoms with Crippen LogP contribution in [-0.4, -0.2) is 0 Å². The van der Waals surface area contributed by atoms with Crippen molar-refractivity contribution in [3.8, 4) is 0 Å². The van der Waals surface area contributed by atoms with E-state index in [0.29, 0.717) is 10.9 Å². The Morgan fingerprint density at radius 3 is 2.37 bits per heavy atom. The monoisotopic (exact) mass is 410 g/mol. The highest BCUT2D eigenvalue weighted by Gasteiger charge is 2.21. The van der Waals surface area contributed by atoms with Gasteiger partial charge in [0.05, 0.1) is 6.04 Å². The van der Waals surface area contributed by atoms with E-state index >= 15 is 0 Å². The fourth-order valence-electron chi connectivity index (χ4n) is 1.79. The summed E-state index contributed by atoms with van der Waals surface area (Å²) in [5.74, 6) is 4.20. The predicted octanol–water partition coefficient (Wildman–Crippen LogP) is 4.30. The van der Waals surface area contributed by atoms with Crippen LogP contribution >= 0.6 is 43.2 Å². The lowest BCUT2D eigenvalue weighted by Crippen LogP contribution is -2.31. The van der Waals surface area contributed by atoms with Crippen molar-refractivity contribution in [2.75, 3.05) is 0 Å². The lowest BCUT2D eigenvalue weighted by Gasteiger charge is -2.17. The van der Waals surface area contributed by atoms with E-state index in [1.165, 1.54) is 23.5 Å². The van der Waals surface area contributed by atoms with Crippen molar-refractivity contribution in [3.05, 3.63) is 54.6 Å². The zero-order valence-corrected chi connectivity index (χ0v) is 13.6. The summed E-state index contributed by atoms with van der Waals surface area (Å²) < 4.78 is 29.1. The van der Waals surface area contributed by atoms with Gasteiger partial charge in [0.15, 0.2) is 0 Å². The summed E-state index contributed by atoms with van der Waals surface area (Å²) in [6.45, 7) is 0. The van der Waals surface area contributed by atoms with Crippen molar-refractivity contribution in [1.82, 2.24) is 5.43 Å². The molecule has 2 nitrogen and oxygen atoms in total. The van der Waals surface area contributed by atoms with Crippen LogP contribution in [0.4, 0.5) is 8.78 Å². The van der Waals surface area contributed by atoms with Crippen LogP contribution in [0.25, 0.3) is 0 Å². The predicted molar refractivity (Wildman–Crippen MR) is 79.8 cm³/mol. The van der Waals surface area contributed by atoms with Crippen LogP contribution in [0.5, 0.6) is 0 Å². The van der Waals surface area contributed by atoms with Gasteiger partial charge in [-0.15, -0.1) is 11.3 Å². The topological polar surface area (TPSA) is 38.0 Å². The van der Waals surface area contributed by atoms with Gasteiger partial charge in [0.25, 0.3) is 0 Å². The number of halogens is 4. The molecular formula is C12H10Br2F2N2S. The van der Waals surface area contributed by atoms with Crippen molar-refractivity contribution < 1.29 is 8.78 Å². The fourth-order valence-corrected chi connectivity index (χ4v) is 3.75. The van der Waals surface area contributed by atoms with Crippen LogP contribution < -0.4 is 11.3 Å². The summed E-state index contributed by atoms with van der Waals surface area (Å²) in [7, 11) is 0. The third kappa shape index (κ3) is 3.41. The molecule has 0 amide bonds. The summed E-state index contributed by atoms with van der Waals surface area (Å²) in [6, 6.07) is 3.73. The molecule has 0 fully saturated rings. The number of hydrazine groups is 1. The number of benzene rings is 1. The van der Waals surface area contributed by atoms with E-state index < -0.39 is 17.7 Å². The van der Waals surface area contributed by atoms with E-state index in [0.717, 1.165) is 9.35 Å². The normalized spacial score (nSPS) is 12.7. The number of thiophene rings is 1. The Labute approximate surface area is 130 Å². The van der Waals surface area contributed by atoms with E-state index in [1.54, 1.807) is 0 Å². The summed E-state index contributed by atoms with van der Waals surface area (Å²) in [5.41, 5.74) is 2.43. The van der Waals surface area contributed by atoms with Gasteiger partial charge in [-0.1, -0.05) is 15.9 Å². The van der Waals surface area contributed by atoms with E-state index in [2.05, 4.69) is 37.3 Å². The first-order chi connectivity index (χ1) is 9.02. The molecule has 1 atom stereocenters. The second-order valence-electron chi connectivity index (χ2n) is 3.90. The molecule has 19 heavy (non-hydrogen) atoms. The van der Waals surface area contributed by atoms with Crippen LogP contribution in [0.3, 0.4) is 0 Å². The third-order valence-electron chi connectivity index (χ3n) is 2.67. The Hall–Kier alpha value is -0.340. The SMILES string of the molecule is NNC(Cc1sccc1Br)c1c(F)cc(Br)cc1F. The molecule has 0 aliphatic rings. The van der Waals surface area contributed by atoms with E-state index in [4.69, 9.17) is 5.84 Å². The number of nitrogens with one attached hydrogen (secondary N) is 1. The number of hydrogen-bond acceptors (Lipinski definition) is 3. The molecule has 0 aliphatic carbocycles. The highest BCUT2D eigenvalue weighted by Crippen LogP contribution is 2.31. The Balaban J connectivity index is 2.35. The second kappa shape index (κ2) is 6.41. The highest BCUT2D eigenvalue weighted by molar-refractivity contribution is 9.10. The van der Waals surface area contributed by atoms with Crippen molar-refractivity contribution >= 4 is 43.2 Å². The molecule has 0 saturated carbocycles. The maximum atomic E-state index is 13.9. The Bertz CT molecular complexity index is 566. The number of rotatable bonds is 4. The minimum absolute atomic E-state index is 0.0500. The largest absolute Gasteiger partial charge is 0.271 e. The Morgan fingerprint density at radius 1 is 1.26 bits per heavy atom. The van der Waals surface area contributed by atoms with Gasteiger partial charge in [-0.25, -0.2) is 8.78 Å². The van der Waals surface area contributed by atoms with E-state index in [1.807, 2.05) is 11.4 Å². The summed E-state index contributed by atoms with van der Waals surface area (Å²) in [5, 5.41) is 1.90. The summed E-state index contributed by atoms with van der Waals surface area (Å²) in [4.78, 5) is 0.977. The second-order valence-corrected chi connectivity index (χ2v) is 6.67. The summed E-state index contributed by atoms with van der Waals surface area (Å²) in [6.07, 6.45) is 0.407. The average Bonchev–Trinajstić information content (AvgIpc) is 2.72. The molecule has 1 heterocycles. The molecule has 0 radical (unpaired) electrons. The molecule has 3 N–H and O–H groups in total. The zero-order chi connectivity index (χ0) is 14.0. The number of hydrogen-bond donors (Lipinski definition) is 2. The first kappa shape index (κ1) is 15.1. The molecule has 7 heteroatoms. The molecule has 2 aromatic rings. The van der Waals surface area contributed by atoms with Crippen LogP contribution in [0.1, 0.15) is 16.5 Å². The van der Waals surface area contributed by atoms with Gasteiger partial charge < -0.3 is 0 Å².